The molecule has 0 spiro atoms. The fourth-order valence-corrected chi connectivity index (χ4v) is 1.14. The minimum absolute atomic E-state index is 0.220. The van der Waals surface area contributed by atoms with Gasteiger partial charge in [-0.15, -0.1) is 0 Å². The Labute approximate surface area is 86.8 Å². The molecule has 0 bridgehead atoms. The molecule has 3 N–H and O–H groups in total. The van der Waals surface area contributed by atoms with E-state index in [2.05, 4.69) is 0 Å². The van der Waals surface area contributed by atoms with Gasteiger partial charge in [-0.05, 0) is 36.8 Å². The Morgan fingerprint density at radius 3 is 2.79 bits per heavy atom. The van der Waals surface area contributed by atoms with Crippen LogP contribution in [0.1, 0.15) is 12.5 Å². The van der Waals surface area contributed by atoms with Gasteiger partial charge in [0.15, 0.2) is 0 Å². The van der Waals surface area contributed by atoms with Crippen molar-refractivity contribution in [2.24, 2.45) is 0 Å². The standard InChI is InChI=1S/C10H10ClNO2/c1-6(10(13)14)4-7-5-8(12)2-3-9(7)11/h2-5H,12H2,1H3,(H,13,14)/b6-4+. The van der Waals surface area contributed by atoms with Gasteiger partial charge in [0.2, 0.25) is 0 Å². The molecule has 14 heavy (non-hydrogen) atoms. The lowest BCUT2D eigenvalue weighted by Crippen LogP contribution is -1.96. The van der Waals surface area contributed by atoms with Gasteiger partial charge in [0, 0.05) is 16.3 Å². The van der Waals surface area contributed by atoms with Crippen LogP contribution in [0.2, 0.25) is 5.02 Å². The average molecular weight is 212 g/mol. The summed E-state index contributed by atoms with van der Waals surface area (Å²) in [7, 11) is 0. The molecule has 74 valence electrons. The van der Waals surface area contributed by atoms with Gasteiger partial charge in [-0.3, -0.25) is 0 Å². The lowest BCUT2D eigenvalue weighted by molar-refractivity contribution is -0.132. The fraction of sp³-hybridized carbons (Fsp3) is 0.100. The molecule has 1 aromatic rings. The van der Waals surface area contributed by atoms with Crippen molar-refractivity contribution in [3.63, 3.8) is 0 Å². The van der Waals surface area contributed by atoms with Crippen LogP contribution in [0.3, 0.4) is 0 Å². The molecule has 0 heterocycles. The van der Waals surface area contributed by atoms with Crippen molar-refractivity contribution in [3.05, 3.63) is 34.4 Å². The molecular weight excluding hydrogens is 202 g/mol. The summed E-state index contributed by atoms with van der Waals surface area (Å²) in [6.07, 6.45) is 1.49. The third-order valence-corrected chi connectivity index (χ3v) is 2.07. The summed E-state index contributed by atoms with van der Waals surface area (Å²) in [5, 5.41) is 9.15. The molecule has 3 nitrogen and oxygen atoms in total. The van der Waals surface area contributed by atoms with Gasteiger partial charge >= 0.3 is 5.97 Å². The summed E-state index contributed by atoms with van der Waals surface area (Å²) in [5.41, 5.74) is 6.94. The molecule has 0 unspecified atom stereocenters. The van der Waals surface area contributed by atoms with Crippen LogP contribution in [0.25, 0.3) is 6.08 Å². The third kappa shape index (κ3) is 2.50. The van der Waals surface area contributed by atoms with Crippen LogP contribution in [0, 0.1) is 0 Å². The van der Waals surface area contributed by atoms with Crippen LogP contribution in [-0.4, -0.2) is 11.1 Å². The number of nitrogen functional groups attached to an aromatic ring is 1. The minimum Gasteiger partial charge on any atom is -0.478 e. The second-order valence-electron chi connectivity index (χ2n) is 2.91. The Balaban J connectivity index is 3.13. The number of halogens is 1. The average Bonchev–Trinajstić information content (AvgIpc) is 2.11. The quantitative estimate of drug-likeness (QED) is 0.583. The van der Waals surface area contributed by atoms with E-state index in [0.29, 0.717) is 16.3 Å². The summed E-state index contributed by atoms with van der Waals surface area (Å²) >= 11 is 5.85. The van der Waals surface area contributed by atoms with Crippen LogP contribution in [0.15, 0.2) is 23.8 Å². The lowest BCUT2D eigenvalue weighted by Gasteiger charge is -2.00. The molecule has 0 saturated heterocycles. The summed E-state index contributed by atoms with van der Waals surface area (Å²) in [6, 6.07) is 4.93. The normalized spacial score (nSPS) is 11.4. The number of benzene rings is 1. The number of nitrogens with two attached hydrogens (primary N) is 1. The highest BCUT2D eigenvalue weighted by Crippen LogP contribution is 2.21. The summed E-state index contributed by atoms with van der Waals surface area (Å²) < 4.78 is 0. The van der Waals surface area contributed by atoms with Crippen molar-refractivity contribution < 1.29 is 9.90 Å². The second kappa shape index (κ2) is 4.15. The van der Waals surface area contributed by atoms with Crippen molar-refractivity contribution in [2.75, 3.05) is 5.73 Å². The highest BCUT2D eigenvalue weighted by Gasteiger charge is 2.02. The zero-order valence-corrected chi connectivity index (χ0v) is 8.38. The molecule has 0 amide bonds. The number of rotatable bonds is 2. The zero-order valence-electron chi connectivity index (χ0n) is 7.62. The number of aliphatic carboxylic acids is 1. The van der Waals surface area contributed by atoms with E-state index in [1.54, 1.807) is 18.2 Å². The predicted octanol–water partition coefficient (Wildman–Crippen LogP) is 2.41. The van der Waals surface area contributed by atoms with E-state index in [1.807, 2.05) is 0 Å². The van der Waals surface area contributed by atoms with E-state index in [9.17, 15) is 4.79 Å². The van der Waals surface area contributed by atoms with Gasteiger partial charge in [0.05, 0.1) is 0 Å². The first-order valence-electron chi connectivity index (χ1n) is 3.97. The lowest BCUT2D eigenvalue weighted by atomic mass is 10.1. The Morgan fingerprint density at radius 2 is 2.21 bits per heavy atom. The van der Waals surface area contributed by atoms with Crippen molar-refractivity contribution in [2.45, 2.75) is 6.92 Å². The molecule has 0 aromatic heterocycles. The number of carbonyl (C=O) groups is 1. The van der Waals surface area contributed by atoms with Crippen LogP contribution in [0.4, 0.5) is 5.69 Å². The van der Waals surface area contributed by atoms with Gasteiger partial charge in [-0.2, -0.15) is 0 Å². The molecule has 0 aliphatic heterocycles. The molecule has 0 saturated carbocycles. The molecule has 0 fully saturated rings. The maximum Gasteiger partial charge on any atom is 0.331 e. The van der Waals surface area contributed by atoms with E-state index in [-0.39, 0.29) is 5.57 Å². The Kier molecular flexibility index (Phi) is 3.14. The van der Waals surface area contributed by atoms with E-state index in [0.717, 1.165) is 0 Å². The maximum atomic E-state index is 10.6. The van der Waals surface area contributed by atoms with Gasteiger partial charge in [-0.1, -0.05) is 11.6 Å². The highest BCUT2D eigenvalue weighted by atomic mass is 35.5. The number of carboxylic acids is 1. The number of hydrogen-bond acceptors (Lipinski definition) is 2. The van der Waals surface area contributed by atoms with Crippen molar-refractivity contribution in [1.82, 2.24) is 0 Å². The molecule has 0 aliphatic carbocycles. The zero-order chi connectivity index (χ0) is 10.7. The molecule has 4 heteroatoms. The fourth-order valence-electron chi connectivity index (χ4n) is 0.968. The largest absolute Gasteiger partial charge is 0.478 e. The SMILES string of the molecule is C/C(=C\c1cc(N)ccc1Cl)C(=O)O. The Bertz CT molecular complexity index is 399. The Hall–Kier alpha value is -1.48. The van der Waals surface area contributed by atoms with Crippen molar-refractivity contribution in [3.8, 4) is 0 Å². The molecule has 0 radical (unpaired) electrons. The molecular formula is C10H10ClNO2. The predicted molar refractivity (Wildman–Crippen MR) is 57.2 cm³/mol. The van der Waals surface area contributed by atoms with E-state index in [1.165, 1.54) is 13.0 Å². The van der Waals surface area contributed by atoms with Gasteiger partial charge in [-0.25, -0.2) is 4.79 Å². The van der Waals surface area contributed by atoms with E-state index < -0.39 is 5.97 Å². The highest BCUT2D eigenvalue weighted by molar-refractivity contribution is 6.32. The van der Waals surface area contributed by atoms with Crippen LogP contribution < -0.4 is 5.73 Å². The van der Waals surface area contributed by atoms with Gasteiger partial charge in [0.1, 0.15) is 0 Å². The molecule has 0 aliphatic rings. The topological polar surface area (TPSA) is 63.3 Å². The molecule has 0 atom stereocenters. The summed E-state index contributed by atoms with van der Waals surface area (Å²) in [6.45, 7) is 1.50. The molecule has 1 aromatic carbocycles. The third-order valence-electron chi connectivity index (χ3n) is 1.73. The number of carboxylic acid groups (broad SMARTS) is 1. The minimum atomic E-state index is -0.969. The Morgan fingerprint density at radius 1 is 1.57 bits per heavy atom. The summed E-state index contributed by atoms with van der Waals surface area (Å²) in [5.74, 6) is -0.969. The second-order valence-corrected chi connectivity index (χ2v) is 3.32. The monoisotopic (exact) mass is 211 g/mol. The first kappa shape index (κ1) is 10.6. The van der Waals surface area contributed by atoms with Gasteiger partial charge < -0.3 is 10.8 Å². The van der Waals surface area contributed by atoms with E-state index in [4.69, 9.17) is 22.4 Å². The molecule has 1 rings (SSSR count). The van der Waals surface area contributed by atoms with Crippen molar-refractivity contribution in [1.29, 1.82) is 0 Å². The first-order chi connectivity index (χ1) is 6.50. The van der Waals surface area contributed by atoms with Crippen molar-refractivity contribution >= 4 is 29.3 Å². The van der Waals surface area contributed by atoms with Crippen LogP contribution >= 0.6 is 11.6 Å². The number of anilines is 1. The van der Waals surface area contributed by atoms with E-state index >= 15 is 0 Å². The smallest absolute Gasteiger partial charge is 0.331 e. The van der Waals surface area contributed by atoms with Crippen LogP contribution in [-0.2, 0) is 4.79 Å². The summed E-state index contributed by atoms with van der Waals surface area (Å²) in [4.78, 5) is 10.6. The number of hydrogen-bond donors (Lipinski definition) is 2. The van der Waals surface area contributed by atoms with Crippen LogP contribution in [0.5, 0.6) is 0 Å². The first-order valence-corrected chi connectivity index (χ1v) is 4.35. The maximum absolute atomic E-state index is 10.6. The van der Waals surface area contributed by atoms with Gasteiger partial charge in [0.25, 0.3) is 0 Å².